The lowest BCUT2D eigenvalue weighted by Gasteiger charge is -2.32. The van der Waals surface area contributed by atoms with Gasteiger partial charge in [-0.2, -0.15) is 0 Å². The number of hydrogen-bond acceptors (Lipinski definition) is 5. The minimum atomic E-state index is -4.14. The summed E-state index contributed by atoms with van der Waals surface area (Å²) >= 11 is 0. The molecule has 0 aromatic heterocycles. The van der Waals surface area contributed by atoms with Gasteiger partial charge in [0.05, 0.1) is 17.2 Å². The van der Waals surface area contributed by atoms with Crippen LogP contribution in [0, 0.1) is 13.8 Å². The van der Waals surface area contributed by atoms with Crippen molar-refractivity contribution in [1.29, 1.82) is 0 Å². The van der Waals surface area contributed by atoms with Gasteiger partial charge in [0.1, 0.15) is 18.3 Å². The number of carbonyl (C=O) groups excluding carboxylic acids is 2. The van der Waals surface area contributed by atoms with Gasteiger partial charge in [-0.05, 0) is 89.1 Å². The quantitative estimate of drug-likeness (QED) is 0.339. The van der Waals surface area contributed by atoms with Gasteiger partial charge in [0.15, 0.2) is 0 Å². The SMILES string of the molecule is CCOc1ccc(S(=O)(=O)N(CC(=O)N(Cc2ccccc2C)C(C)C(=O)NC(C)C)c2ccc(C)cc2)cc1. The van der Waals surface area contributed by atoms with Gasteiger partial charge in [-0.15, -0.1) is 0 Å². The number of aryl methyl sites for hydroxylation is 2. The van der Waals surface area contributed by atoms with E-state index in [0.717, 1.165) is 21.0 Å². The van der Waals surface area contributed by atoms with Gasteiger partial charge in [0.2, 0.25) is 11.8 Å². The van der Waals surface area contributed by atoms with Crippen molar-refractivity contribution in [1.82, 2.24) is 10.2 Å². The number of nitrogens with one attached hydrogen (secondary N) is 1. The second kappa shape index (κ2) is 13.5. The minimum absolute atomic E-state index is 0.0281. The molecule has 1 N–H and O–H groups in total. The molecule has 1 atom stereocenters. The van der Waals surface area contributed by atoms with Gasteiger partial charge in [-0.25, -0.2) is 8.42 Å². The second-order valence-corrected chi connectivity index (χ2v) is 11.9. The van der Waals surface area contributed by atoms with Crippen LogP contribution < -0.4 is 14.4 Å². The minimum Gasteiger partial charge on any atom is -0.494 e. The van der Waals surface area contributed by atoms with E-state index in [-0.39, 0.29) is 23.4 Å². The van der Waals surface area contributed by atoms with Crippen LogP contribution in [0.25, 0.3) is 0 Å². The van der Waals surface area contributed by atoms with Crippen LogP contribution in [0.5, 0.6) is 5.75 Å². The molecule has 9 heteroatoms. The van der Waals surface area contributed by atoms with E-state index in [1.807, 2.05) is 58.9 Å². The number of rotatable bonds is 12. The van der Waals surface area contributed by atoms with Gasteiger partial charge in [0, 0.05) is 12.6 Å². The summed E-state index contributed by atoms with van der Waals surface area (Å²) in [5.41, 5.74) is 3.14. The Hall–Kier alpha value is -3.85. The molecule has 214 valence electrons. The van der Waals surface area contributed by atoms with Crippen LogP contribution in [0.15, 0.2) is 77.7 Å². The van der Waals surface area contributed by atoms with Crippen molar-refractivity contribution in [3.63, 3.8) is 0 Å². The van der Waals surface area contributed by atoms with E-state index in [2.05, 4.69) is 5.32 Å². The van der Waals surface area contributed by atoms with E-state index in [4.69, 9.17) is 4.74 Å². The van der Waals surface area contributed by atoms with Crippen LogP contribution >= 0.6 is 0 Å². The smallest absolute Gasteiger partial charge is 0.264 e. The third kappa shape index (κ3) is 7.63. The Morgan fingerprint density at radius 3 is 2.10 bits per heavy atom. The van der Waals surface area contributed by atoms with Crippen molar-refractivity contribution in [3.8, 4) is 5.75 Å². The van der Waals surface area contributed by atoms with E-state index < -0.39 is 28.5 Å². The summed E-state index contributed by atoms with van der Waals surface area (Å²) in [5.74, 6) is -0.258. The summed E-state index contributed by atoms with van der Waals surface area (Å²) in [6, 6.07) is 19.7. The highest BCUT2D eigenvalue weighted by molar-refractivity contribution is 7.92. The van der Waals surface area contributed by atoms with Crippen molar-refractivity contribution in [2.24, 2.45) is 0 Å². The molecule has 1 unspecified atom stereocenters. The molecule has 0 spiro atoms. The Morgan fingerprint density at radius 2 is 1.52 bits per heavy atom. The first-order valence-electron chi connectivity index (χ1n) is 13.4. The molecule has 8 nitrogen and oxygen atoms in total. The van der Waals surface area contributed by atoms with Crippen molar-refractivity contribution in [2.75, 3.05) is 17.5 Å². The standard InChI is InChI=1S/C31H39N3O5S/c1-7-39-28-16-18-29(19-17-28)40(37,38)34(27-14-12-23(4)13-15-27)21-30(35)33(25(6)31(36)32-22(2)3)20-26-11-9-8-10-24(26)5/h8-19,22,25H,7,20-21H2,1-6H3,(H,32,36). The first-order chi connectivity index (χ1) is 18.9. The largest absolute Gasteiger partial charge is 0.494 e. The fourth-order valence-electron chi connectivity index (χ4n) is 4.20. The monoisotopic (exact) mass is 565 g/mol. The Morgan fingerprint density at radius 1 is 0.900 bits per heavy atom. The van der Waals surface area contributed by atoms with E-state index in [1.165, 1.54) is 17.0 Å². The maximum absolute atomic E-state index is 14.0. The average Bonchev–Trinajstić information content (AvgIpc) is 2.91. The maximum Gasteiger partial charge on any atom is 0.264 e. The van der Waals surface area contributed by atoms with Crippen LogP contribution in [0.4, 0.5) is 5.69 Å². The number of hydrogen-bond donors (Lipinski definition) is 1. The summed E-state index contributed by atoms with van der Waals surface area (Å²) < 4.78 is 34.4. The fourth-order valence-corrected chi connectivity index (χ4v) is 5.61. The maximum atomic E-state index is 14.0. The third-order valence-corrected chi connectivity index (χ3v) is 8.31. The van der Waals surface area contributed by atoms with Crippen LogP contribution in [0.2, 0.25) is 0 Å². The molecule has 0 aliphatic heterocycles. The predicted octanol–water partition coefficient (Wildman–Crippen LogP) is 4.84. The first-order valence-corrected chi connectivity index (χ1v) is 14.8. The lowest BCUT2D eigenvalue weighted by molar-refractivity contribution is -0.139. The number of sulfonamides is 1. The number of ether oxygens (including phenoxy) is 1. The second-order valence-electron chi connectivity index (χ2n) is 10.0. The van der Waals surface area contributed by atoms with Gasteiger partial charge in [-0.1, -0.05) is 42.0 Å². The normalized spacial score (nSPS) is 12.1. The molecule has 2 amide bonds. The van der Waals surface area contributed by atoms with Gasteiger partial charge in [0.25, 0.3) is 10.0 Å². The average molecular weight is 566 g/mol. The Labute approximate surface area is 238 Å². The van der Waals surface area contributed by atoms with Crippen molar-refractivity contribution >= 4 is 27.5 Å². The highest BCUT2D eigenvalue weighted by Gasteiger charge is 2.32. The topological polar surface area (TPSA) is 96.0 Å². The van der Waals surface area contributed by atoms with Crippen molar-refractivity contribution < 1.29 is 22.7 Å². The van der Waals surface area contributed by atoms with Crippen LogP contribution in [-0.2, 0) is 26.2 Å². The van der Waals surface area contributed by atoms with Crippen LogP contribution in [-0.4, -0.2) is 50.4 Å². The van der Waals surface area contributed by atoms with E-state index in [0.29, 0.717) is 18.0 Å². The molecule has 0 radical (unpaired) electrons. The van der Waals surface area contributed by atoms with E-state index >= 15 is 0 Å². The van der Waals surface area contributed by atoms with Crippen LogP contribution in [0.1, 0.15) is 44.4 Å². The highest BCUT2D eigenvalue weighted by Crippen LogP contribution is 2.26. The van der Waals surface area contributed by atoms with Gasteiger partial charge >= 0.3 is 0 Å². The summed E-state index contributed by atoms with van der Waals surface area (Å²) in [4.78, 5) is 28.5. The van der Waals surface area contributed by atoms with Crippen molar-refractivity contribution in [2.45, 2.75) is 65.1 Å². The van der Waals surface area contributed by atoms with Gasteiger partial charge in [-0.3, -0.25) is 13.9 Å². The Kier molecular flexibility index (Phi) is 10.3. The lowest BCUT2D eigenvalue weighted by atomic mass is 10.1. The molecule has 0 heterocycles. The number of amides is 2. The lowest BCUT2D eigenvalue weighted by Crippen LogP contribution is -2.52. The third-order valence-electron chi connectivity index (χ3n) is 6.52. The summed E-state index contributed by atoms with van der Waals surface area (Å²) in [5, 5.41) is 2.86. The fraction of sp³-hybridized carbons (Fsp3) is 0.355. The molecule has 40 heavy (non-hydrogen) atoms. The number of anilines is 1. The molecular formula is C31H39N3O5S. The first kappa shape index (κ1) is 30.7. The number of carbonyl (C=O) groups is 2. The molecule has 0 saturated carbocycles. The molecule has 0 aliphatic rings. The predicted molar refractivity (Wildman–Crippen MR) is 158 cm³/mol. The van der Waals surface area contributed by atoms with E-state index in [9.17, 15) is 18.0 Å². The molecule has 0 fully saturated rings. The zero-order valence-corrected chi connectivity index (χ0v) is 24.9. The summed E-state index contributed by atoms with van der Waals surface area (Å²) in [6.07, 6.45) is 0. The zero-order valence-electron chi connectivity index (χ0n) is 24.0. The molecule has 0 saturated heterocycles. The number of benzene rings is 3. The molecule has 0 bridgehead atoms. The molecule has 3 aromatic rings. The Balaban J connectivity index is 2.03. The molecule has 3 aromatic carbocycles. The molecule has 0 aliphatic carbocycles. The van der Waals surface area contributed by atoms with Gasteiger partial charge < -0.3 is 15.0 Å². The van der Waals surface area contributed by atoms with Crippen molar-refractivity contribution in [3.05, 3.63) is 89.5 Å². The van der Waals surface area contributed by atoms with E-state index in [1.54, 1.807) is 43.3 Å². The Bertz CT molecular complexity index is 1400. The molecule has 3 rings (SSSR count). The molecular weight excluding hydrogens is 526 g/mol. The van der Waals surface area contributed by atoms with Crippen LogP contribution in [0.3, 0.4) is 0 Å². The number of nitrogens with zero attached hydrogens (tertiary/aromatic N) is 2. The zero-order chi connectivity index (χ0) is 29.4. The summed E-state index contributed by atoms with van der Waals surface area (Å²) in [7, 11) is -4.14. The highest BCUT2D eigenvalue weighted by atomic mass is 32.2. The summed E-state index contributed by atoms with van der Waals surface area (Å²) in [6.45, 7) is 11.2.